The van der Waals surface area contributed by atoms with Gasteiger partial charge in [-0.1, -0.05) is 42.8 Å². The molecule has 5 heteroatoms. The lowest BCUT2D eigenvalue weighted by Gasteiger charge is -2.41. The average Bonchev–Trinajstić information content (AvgIpc) is 2.84. The summed E-state index contributed by atoms with van der Waals surface area (Å²) in [4.78, 5) is 17.9. The highest BCUT2D eigenvalue weighted by Crippen LogP contribution is 2.27. The van der Waals surface area contributed by atoms with E-state index in [1.54, 1.807) is 7.11 Å². The monoisotopic (exact) mass is 436 g/mol. The molecule has 2 atom stereocenters. The van der Waals surface area contributed by atoms with E-state index in [1.807, 2.05) is 24.3 Å². The zero-order chi connectivity index (χ0) is 22.2. The molecule has 0 radical (unpaired) electrons. The van der Waals surface area contributed by atoms with Crippen LogP contribution in [-0.4, -0.2) is 67.7 Å². The topological polar surface area (TPSA) is 42.0 Å². The zero-order valence-corrected chi connectivity index (χ0v) is 19.2. The minimum absolute atomic E-state index is 0.101. The van der Waals surface area contributed by atoms with Crippen molar-refractivity contribution in [2.45, 2.75) is 50.7 Å². The number of ether oxygens (including phenoxy) is 2. The Kier molecular flexibility index (Phi) is 8.18. The van der Waals surface area contributed by atoms with Gasteiger partial charge in [0, 0.05) is 32.3 Å². The average molecular weight is 437 g/mol. The summed E-state index contributed by atoms with van der Waals surface area (Å²) in [6.45, 7) is 4.40. The number of hydrogen-bond donors (Lipinski definition) is 0. The third kappa shape index (κ3) is 5.90. The van der Waals surface area contributed by atoms with Crippen LogP contribution in [0, 0.1) is 0 Å². The zero-order valence-electron chi connectivity index (χ0n) is 19.2. The van der Waals surface area contributed by atoms with E-state index in [0.29, 0.717) is 12.2 Å². The smallest absolute Gasteiger partial charge is 0.254 e. The van der Waals surface area contributed by atoms with Crippen LogP contribution in [0.3, 0.4) is 0 Å². The van der Waals surface area contributed by atoms with Gasteiger partial charge in [-0.15, -0.1) is 0 Å². The summed E-state index contributed by atoms with van der Waals surface area (Å²) < 4.78 is 11.9. The number of amides is 1. The van der Waals surface area contributed by atoms with E-state index in [2.05, 4.69) is 40.1 Å². The van der Waals surface area contributed by atoms with E-state index in [1.165, 1.54) is 5.56 Å². The first-order valence-electron chi connectivity index (χ1n) is 12.1. The highest BCUT2D eigenvalue weighted by molar-refractivity contribution is 5.95. The second-order valence-electron chi connectivity index (χ2n) is 8.93. The number of methoxy groups -OCH3 is 1. The maximum Gasteiger partial charge on any atom is 0.254 e. The number of nitrogens with zero attached hydrogens (tertiary/aromatic N) is 2. The first-order chi connectivity index (χ1) is 15.7. The lowest BCUT2D eigenvalue weighted by atomic mass is 9.93. The lowest BCUT2D eigenvalue weighted by molar-refractivity contribution is -0.0156. The molecule has 1 amide bonds. The Morgan fingerprint density at radius 3 is 2.69 bits per heavy atom. The molecule has 2 bridgehead atoms. The van der Waals surface area contributed by atoms with Gasteiger partial charge in [0.15, 0.2) is 0 Å². The van der Waals surface area contributed by atoms with E-state index in [4.69, 9.17) is 9.47 Å². The molecule has 2 heterocycles. The predicted octanol–water partition coefficient (Wildman–Crippen LogP) is 4.41. The summed E-state index contributed by atoms with van der Waals surface area (Å²) in [5, 5.41) is 0. The van der Waals surface area contributed by atoms with Gasteiger partial charge in [0.05, 0.1) is 12.1 Å². The van der Waals surface area contributed by atoms with Crippen molar-refractivity contribution in [3.05, 3.63) is 65.7 Å². The molecule has 4 rings (SSSR count). The molecule has 0 saturated carbocycles. The van der Waals surface area contributed by atoms with Crippen molar-refractivity contribution in [1.82, 2.24) is 9.80 Å². The minimum Gasteiger partial charge on any atom is -0.492 e. The standard InChI is InChI=1S/C27H36N2O3/c1-31-26-14-8-17-29-25(26)13-5-6-16-28(18-15-22-9-3-2-4-10-22)19-20-32-24-12-7-11-23(21-24)27(29)30/h2-4,7,9-12,21,25-26H,5-6,8,13-20H2,1H3/t25-,26-/m0/s1. The molecular formula is C27H36N2O3. The Morgan fingerprint density at radius 1 is 0.969 bits per heavy atom. The first-order valence-corrected chi connectivity index (χ1v) is 12.1. The second kappa shape index (κ2) is 11.5. The molecule has 1 saturated heterocycles. The molecule has 2 aromatic rings. The third-order valence-electron chi connectivity index (χ3n) is 6.82. The fourth-order valence-corrected chi connectivity index (χ4v) is 5.02. The molecule has 172 valence electrons. The van der Waals surface area contributed by atoms with Gasteiger partial charge in [-0.3, -0.25) is 9.69 Å². The van der Waals surface area contributed by atoms with Crippen LogP contribution in [0.25, 0.3) is 0 Å². The predicted molar refractivity (Wildman–Crippen MR) is 127 cm³/mol. The largest absolute Gasteiger partial charge is 0.492 e. The van der Waals surface area contributed by atoms with Crippen molar-refractivity contribution in [1.29, 1.82) is 0 Å². The number of carbonyl (C=O) groups is 1. The van der Waals surface area contributed by atoms with Gasteiger partial charge in [-0.2, -0.15) is 0 Å². The van der Waals surface area contributed by atoms with E-state index in [-0.39, 0.29) is 18.1 Å². The Bertz CT molecular complexity index is 857. The van der Waals surface area contributed by atoms with Gasteiger partial charge >= 0.3 is 0 Å². The van der Waals surface area contributed by atoms with Crippen LogP contribution >= 0.6 is 0 Å². The number of piperidine rings is 1. The Balaban J connectivity index is 1.48. The molecule has 0 aromatic heterocycles. The van der Waals surface area contributed by atoms with Crippen LogP contribution in [0.5, 0.6) is 5.75 Å². The number of carbonyl (C=O) groups excluding carboxylic acids is 1. The maximum atomic E-state index is 13.4. The molecule has 5 nitrogen and oxygen atoms in total. The molecular weight excluding hydrogens is 400 g/mol. The molecule has 2 aromatic carbocycles. The van der Waals surface area contributed by atoms with Crippen molar-refractivity contribution < 1.29 is 14.3 Å². The van der Waals surface area contributed by atoms with Crippen LogP contribution in [-0.2, 0) is 11.2 Å². The van der Waals surface area contributed by atoms with E-state index in [9.17, 15) is 4.79 Å². The fraction of sp³-hybridized carbons (Fsp3) is 0.519. The van der Waals surface area contributed by atoms with E-state index < -0.39 is 0 Å². The molecule has 0 unspecified atom stereocenters. The quantitative estimate of drug-likeness (QED) is 0.712. The summed E-state index contributed by atoms with van der Waals surface area (Å²) >= 11 is 0. The minimum atomic E-state index is 0.101. The first kappa shape index (κ1) is 22.8. The summed E-state index contributed by atoms with van der Waals surface area (Å²) in [6, 6.07) is 18.5. The van der Waals surface area contributed by atoms with Gasteiger partial charge in [-0.05, 0) is 62.4 Å². The number of benzene rings is 2. The van der Waals surface area contributed by atoms with Crippen molar-refractivity contribution >= 4 is 5.91 Å². The van der Waals surface area contributed by atoms with E-state index in [0.717, 1.165) is 70.5 Å². The third-order valence-corrected chi connectivity index (χ3v) is 6.82. The molecule has 0 N–H and O–H groups in total. The summed E-state index contributed by atoms with van der Waals surface area (Å²) in [5.41, 5.74) is 2.09. The lowest BCUT2D eigenvalue weighted by Crippen LogP contribution is -2.51. The van der Waals surface area contributed by atoms with Crippen molar-refractivity contribution in [2.75, 3.05) is 39.9 Å². The van der Waals surface area contributed by atoms with Gasteiger partial charge < -0.3 is 14.4 Å². The van der Waals surface area contributed by atoms with Crippen LogP contribution in [0.1, 0.15) is 48.0 Å². The summed E-state index contributed by atoms with van der Waals surface area (Å²) in [7, 11) is 1.78. The van der Waals surface area contributed by atoms with Crippen LogP contribution in [0.15, 0.2) is 54.6 Å². The Morgan fingerprint density at radius 2 is 1.84 bits per heavy atom. The van der Waals surface area contributed by atoms with Crippen molar-refractivity contribution in [3.8, 4) is 5.75 Å². The number of rotatable bonds is 4. The molecule has 2 aliphatic rings. The van der Waals surface area contributed by atoms with Crippen LogP contribution < -0.4 is 4.74 Å². The Hall–Kier alpha value is -2.37. The molecule has 32 heavy (non-hydrogen) atoms. The normalized spacial score (nSPS) is 23.2. The van der Waals surface area contributed by atoms with Gasteiger partial charge in [0.25, 0.3) is 5.91 Å². The number of hydrogen-bond acceptors (Lipinski definition) is 4. The summed E-state index contributed by atoms with van der Waals surface area (Å²) in [5.74, 6) is 0.872. The molecule has 0 aliphatic carbocycles. The highest BCUT2D eigenvalue weighted by Gasteiger charge is 2.34. The molecule has 1 fully saturated rings. The SMILES string of the molecule is CO[C@H]1CCCN2C(=O)c3cccc(c3)OCCN(CCc3ccccc3)CCCC[C@@H]12. The van der Waals surface area contributed by atoms with Crippen molar-refractivity contribution in [2.24, 2.45) is 0 Å². The van der Waals surface area contributed by atoms with Gasteiger partial charge in [0.2, 0.25) is 0 Å². The van der Waals surface area contributed by atoms with Crippen molar-refractivity contribution in [3.63, 3.8) is 0 Å². The molecule has 2 aliphatic heterocycles. The second-order valence-corrected chi connectivity index (χ2v) is 8.93. The van der Waals surface area contributed by atoms with Gasteiger partial charge in [-0.25, -0.2) is 0 Å². The Labute approximate surface area is 192 Å². The van der Waals surface area contributed by atoms with Crippen LogP contribution in [0.2, 0.25) is 0 Å². The van der Waals surface area contributed by atoms with Crippen LogP contribution in [0.4, 0.5) is 0 Å². The van der Waals surface area contributed by atoms with E-state index >= 15 is 0 Å². The number of fused-ring (bicyclic) bond motifs is 3. The fourth-order valence-electron chi connectivity index (χ4n) is 5.02. The van der Waals surface area contributed by atoms with Gasteiger partial charge in [0.1, 0.15) is 12.4 Å². The summed E-state index contributed by atoms with van der Waals surface area (Å²) in [6.07, 6.45) is 6.39. The molecule has 0 spiro atoms. The highest BCUT2D eigenvalue weighted by atomic mass is 16.5. The maximum absolute atomic E-state index is 13.4.